The van der Waals surface area contributed by atoms with Gasteiger partial charge in [0.25, 0.3) is 0 Å². The molecular formula is C19H17F3N2O2. The van der Waals surface area contributed by atoms with Gasteiger partial charge in [-0.3, -0.25) is 14.5 Å². The number of rotatable bonds is 2. The van der Waals surface area contributed by atoms with E-state index in [1.54, 1.807) is 4.57 Å². The van der Waals surface area contributed by atoms with Crippen molar-refractivity contribution >= 4 is 11.8 Å². The minimum absolute atomic E-state index is 0.0628. The van der Waals surface area contributed by atoms with E-state index in [-0.39, 0.29) is 18.0 Å². The zero-order chi connectivity index (χ0) is 18.6. The largest absolute Gasteiger partial charge is 0.418 e. The highest BCUT2D eigenvalue weighted by atomic mass is 19.4. The van der Waals surface area contributed by atoms with Gasteiger partial charge in [0.15, 0.2) is 0 Å². The van der Waals surface area contributed by atoms with Gasteiger partial charge < -0.3 is 4.57 Å². The van der Waals surface area contributed by atoms with Gasteiger partial charge in [0.1, 0.15) is 0 Å². The Morgan fingerprint density at radius 1 is 1.08 bits per heavy atom. The van der Waals surface area contributed by atoms with Gasteiger partial charge in [-0.15, -0.1) is 0 Å². The average molecular weight is 362 g/mol. The number of hydrogen-bond donors (Lipinski definition) is 0. The molecule has 0 aliphatic carbocycles. The molecule has 1 fully saturated rings. The van der Waals surface area contributed by atoms with E-state index >= 15 is 0 Å². The first-order valence-corrected chi connectivity index (χ1v) is 8.41. The van der Waals surface area contributed by atoms with E-state index in [9.17, 15) is 22.8 Å². The normalized spacial score (nSPS) is 25.4. The molecule has 2 aromatic rings. The van der Waals surface area contributed by atoms with Crippen LogP contribution in [0.5, 0.6) is 0 Å². The highest BCUT2D eigenvalue weighted by Gasteiger charge is 2.54. The van der Waals surface area contributed by atoms with Crippen molar-refractivity contribution in [2.24, 2.45) is 11.8 Å². The molecule has 4 nitrogen and oxygen atoms in total. The zero-order valence-corrected chi connectivity index (χ0v) is 14.0. The maximum Gasteiger partial charge on any atom is 0.418 e. The molecule has 7 heteroatoms. The van der Waals surface area contributed by atoms with E-state index in [0.29, 0.717) is 6.42 Å². The van der Waals surface area contributed by atoms with Crippen molar-refractivity contribution < 1.29 is 22.8 Å². The minimum atomic E-state index is -4.48. The monoisotopic (exact) mass is 362 g/mol. The summed E-state index contributed by atoms with van der Waals surface area (Å²) < 4.78 is 41.7. The third kappa shape index (κ3) is 2.45. The van der Waals surface area contributed by atoms with Gasteiger partial charge in [0.05, 0.1) is 17.4 Å². The van der Waals surface area contributed by atoms with E-state index in [0.717, 1.165) is 16.5 Å². The summed E-state index contributed by atoms with van der Waals surface area (Å²) in [6.45, 7) is 0. The van der Waals surface area contributed by atoms with Crippen LogP contribution in [-0.4, -0.2) is 28.3 Å². The summed E-state index contributed by atoms with van der Waals surface area (Å²) >= 11 is 0. The number of carbonyl (C=O) groups excluding carboxylic acids is 2. The molecule has 1 saturated heterocycles. The summed E-state index contributed by atoms with van der Waals surface area (Å²) in [6, 6.07) is 9.84. The fraction of sp³-hybridized carbons (Fsp3) is 0.368. The molecule has 0 radical (unpaired) electrons. The molecule has 4 rings (SSSR count). The first kappa shape index (κ1) is 16.9. The molecule has 1 aromatic heterocycles. The molecule has 2 aliphatic heterocycles. The fourth-order valence-corrected chi connectivity index (χ4v) is 4.28. The van der Waals surface area contributed by atoms with Gasteiger partial charge in [0, 0.05) is 31.4 Å². The summed E-state index contributed by atoms with van der Waals surface area (Å²) in [5.74, 6) is -2.06. The second-order valence-corrected chi connectivity index (χ2v) is 6.91. The van der Waals surface area contributed by atoms with E-state index < -0.39 is 35.5 Å². The van der Waals surface area contributed by atoms with Crippen LogP contribution in [0.4, 0.5) is 13.2 Å². The molecule has 1 aromatic carbocycles. The van der Waals surface area contributed by atoms with Crippen molar-refractivity contribution in [1.29, 1.82) is 0 Å². The smallest absolute Gasteiger partial charge is 0.347 e. The van der Waals surface area contributed by atoms with Crippen molar-refractivity contribution in [1.82, 2.24) is 9.47 Å². The number of amides is 2. The molecule has 0 N–H and O–H groups in total. The van der Waals surface area contributed by atoms with Crippen molar-refractivity contribution in [3.8, 4) is 0 Å². The van der Waals surface area contributed by atoms with Gasteiger partial charge in [-0.1, -0.05) is 30.3 Å². The number of alkyl halides is 3. The summed E-state index contributed by atoms with van der Waals surface area (Å²) in [5, 5.41) is 0. The lowest BCUT2D eigenvalue weighted by Crippen LogP contribution is -2.37. The van der Waals surface area contributed by atoms with Crippen LogP contribution in [0, 0.1) is 11.8 Å². The van der Waals surface area contributed by atoms with E-state index in [2.05, 4.69) is 0 Å². The topological polar surface area (TPSA) is 42.3 Å². The predicted octanol–water partition coefficient (Wildman–Crippen LogP) is 3.08. The zero-order valence-electron chi connectivity index (χ0n) is 14.0. The fourth-order valence-electron chi connectivity index (χ4n) is 4.28. The molecule has 0 saturated carbocycles. The van der Waals surface area contributed by atoms with E-state index in [4.69, 9.17) is 0 Å². The SMILES string of the molecule is CN1C(=O)[C@H]2[C@H](Cc3c(C(F)(F)F)ccn3[C@@H]2Cc2ccccc2)C1=O. The number of fused-ring (bicyclic) bond motifs is 2. The average Bonchev–Trinajstić information content (AvgIpc) is 3.12. The number of hydrogen-bond acceptors (Lipinski definition) is 2. The summed E-state index contributed by atoms with van der Waals surface area (Å²) in [7, 11) is 1.41. The lowest BCUT2D eigenvalue weighted by molar-refractivity contribution is -0.140. The van der Waals surface area contributed by atoms with E-state index in [1.807, 2.05) is 30.3 Å². The quantitative estimate of drug-likeness (QED) is 0.771. The molecule has 3 heterocycles. The summed E-state index contributed by atoms with van der Waals surface area (Å²) in [4.78, 5) is 26.2. The summed E-state index contributed by atoms with van der Waals surface area (Å²) in [5.41, 5.74) is 0.293. The lowest BCUT2D eigenvalue weighted by atomic mass is 9.79. The predicted molar refractivity (Wildman–Crippen MR) is 87.1 cm³/mol. The molecule has 0 bridgehead atoms. The summed E-state index contributed by atoms with van der Waals surface area (Å²) in [6.07, 6.45) is -2.75. The Balaban J connectivity index is 1.83. The lowest BCUT2D eigenvalue weighted by Gasteiger charge is -2.34. The van der Waals surface area contributed by atoms with Crippen molar-refractivity contribution in [3.63, 3.8) is 0 Å². The molecule has 0 unspecified atom stereocenters. The van der Waals surface area contributed by atoms with Gasteiger partial charge >= 0.3 is 6.18 Å². The molecule has 3 atom stereocenters. The molecule has 136 valence electrons. The number of halogens is 3. The van der Waals surface area contributed by atoms with Crippen molar-refractivity contribution in [2.75, 3.05) is 7.05 Å². The van der Waals surface area contributed by atoms with Gasteiger partial charge in [-0.05, 0) is 18.1 Å². The third-order valence-electron chi connectivity index (χ3n) is 5.50. The number of imide groups is 1. The van der Waals surface area contributed by atoms with Crippen LogP contribution in [-0.2, 0) is 28.6 Å². The number of benzene rings is 1. The number of nitrogens with zero attached hydrogens (tertiary/aromatic N) is 2. The number of carbonyl (C=O) groups is 2. The number of aromatic nitrogens is 1. The maximum absolute atomic E-state index is 13.4. The van der Waals surface area contributed by atoms with Crippen molar-refractivity contribution in [3.05, 3.63) is 59.4 Å². The Morgan fingerprint density at radius 3 is 2.42 bits per heavy atom. The second-order valence-electron chi connectivity index (χ2n) is 6.91. The Bertz CT molecular complexity index is 873. The van der Waals surface area contributed by atoms with Crippen LogP contribution in [0.1, 0.15) is 22.9 Å². The van der Waals surface area contributed by atoms with E-state index in [1.165, 1.54) is 13.2 Å². The van der Waals surface area contributed by atoms with Crippen LogP contribution in [0.3, 0.4) is 0 Å². The Kier molecular flexibility index (Phi) is 3.71. The molecular weight excluding hydrogens is 345 g/mol. The van der Waals surface area contributed by atoms with Crippen LogP contribution in [0.2, 0.25) is 0 Å². The van der Waals surface area contributed by atoms with Crippen LogP contribution in [0.25, 0.3) is 0 Å². The van der Waals surface area contributed by atoms with Gasteiger partial charge in [0.2, 0.25) is 11.8 Å². The molecule has 2 aliphatic rings. The van der Waals surface area contributed by atoms with Crippen LogP contribution >= 0.6 is 0 Å². The molecule has 26 heavy (non-hydrogen) atoms. The van der Waals surface area contributed by atoms with Crippen molar-refractivity contribution in [2.45, 2.75) is 25.1 Å². The molecule has 2 amide bonds. The second kappa shape index (κ2) is 5.72. The molecule has 0 spiro atoms. The number of likely N-dealkylation sites (tertiary alicyclic amines) is 1. The first-order chi connectivity index (χ1) is 12.3. The highest BCUT2D eigenvalue weighted by Crippen LogP contribution is 2.46. The minimum Gasteiger partial charge on any atom is -0.347 e. The van der Waals surface area contributed by atoms with Gasteiger partial charge in [-0.2, -0.15) is 13.2 Å². The standard InChI is InChI=1S/C19H17F3N2O2/c1-23-17(25)12-10-14-13(19(20,21)22)7-8-24(14)15(16(12)18(23)26)9-11-5-3-2-4-6-11/h2-8,12,15-16H,9-10H2,1H3/t12-,15+,16-/m0/s1. The Morgan fingerprint density at radius 2 is 1.77 bits per heavy atom. The van der Waals surface area contributed by atoms with Crippen LogP contribution < -0.4 is 0 Å². The Hall–Kier alpha value is -2.57. The highest BCUT2D eigenvalue weighted by molar-refractivity contribution is 6.05. The first-order valence-electron chi connectivity index (χ1n) is 8.41. The van der Waals surface area contributed by atoms with Crippen LogP contribution in [0.15, 0.2) is 42.6 Å². The maximum atomic E-state index is 13.4. The van der Waals surface area contributed by atoms with Gasteiger partial charge in [-0.25, -0.2) is 0 Å². The Labute approximate surface area is 148 Å². The third-order valence-corrected chi connectivity index (χ3v) is 5.50.